The van der Waals surface area contributed by atoms with Gasteiger partial charge < -0.3 is 14.8 Å². The van der Waals surface area contributed by atoms with Crippen LogP contribution >= 0.6 is 0 Å². The first-order valence-corrected chi connectivity index (χ1v) is 8.26. The smallest absolute Gasteiger partial charge is 0.262 e. The summed E-state index contributed by atoms with van der Waals surface area (Å²) in [4.78, 5) is 4.33. The van der Waals surface area contributed by atoms with Crippen LogP contribution in [-0.2, 0) is 0 Å². The molecular weight excluding hydrogens is 288 g/mol. The summed E-state index contributed by atoms with van der Waals surface area (Å²) < 4.78 is 11.9. The Morgan fingerprint density at radius 2 is 2.13 bits per heavy atom. The predicted molar refractivity (Wildman–Crippen MR) is 91.3 cm³/mol. The molecule has 0 aliphatic carbocycles. The molecular formula is C19H24N2O2. The number of aromatic nitrogens is 1. The van der Waals surface area contributed by atoms with Crippen LogP contribution in [0.2, 0.25) is 0 Å². The van der Waals surface area contributed by atoms with E-state index in [0.29, 0.717) is 24.2 Å². The number of aryl methyl sites for hydroxylation is 2. The zero-order chi connectivity index (χ0) is 16.1. The number of benzene rings is 1. The molecule has 2 aromatic rings. The van der Waals surface area contributed by atoms with E-state index in [-0.39, 0.29) is 0 Å². The Hall–Kier alpha value is -2.07. The van der Waals surface area contributed by atoms with Crippen molar-refractivity contribution in [2.75, 3.05) is 19.7 Å². The maximum atomic E-state index is 5.98. The molecule has 23 heavy (non-hydrogen) atoms. The fraction of sp³-hybridized carbons (Fsp3) is 0.421. The third kappa shape index (κ3) is 4.23. The molecule has 4 heteroatoms. The maximum absolute atomic E-state index is 5.98. The molecule has 0 radical (unpaired) electrons. The Balaban J connectivity index is 1.68. The van der Waals surface area contributed by atoms with Gasteiger partial charge in [-0.25, -0.2) is 4.98 Å². The van der Waals surface area contributed by atoms with Crippen LogP contribution in [-0.4, -0.2) is 24.7 Å². The first-order valence-electron chi connectivity index (χ1n) is 8.26. The van der Waals surface area contributed by atoms with Crippen molar-refractivity contribution in [2.45, 2.75) is 26.7 Å². The summed E-state index contributed by atoms with van der Waals surface area (Å²) in [5, 5.41) is 3.41. The fourth-order valence-electron chi connectivity index (χ4n) is 2.73. The summed E-state index contributed by atoms with van der Waals surface area (Å²) in [7, 11) is 0. The molecule has 1 aromatic carbocycles. The minimum absolute atomic E-state index is 0.527. The molecule has 122 valence electrons. The molecule has 1 aliphatic rings. The highest BCUT2D eigenvalue weighted by Gasteiger charge is 2.15. The molecule has 0 saturated carbocycles. The molecule has 0 spiro atoms. The van der Waals surface area contributed by atoms with E-state index < -0.39 is 0 Å². The Kier molecular flexibility index (Phi) is 5.13. The summed E-state index contributed by atoms with van der Waals surface area (Å²) in [5.41, 5.74) is 2.45. The van der Waals surface area contributed by atoms with Crippen LogP contribution in [0, 0.1) is 19.8 Å². The van der Waals surface area contributed by atoms with Gasteiger partial charge in [-0.3, -0.25) is 0 Å². The monoisotopic (exact) mass is 312 g/mol. The molecule has 4 nitrogen and oxygen atoms in total. The molecule has 1 N–H and O–H groups in total. The van der Waals surface area contributed by atoms with Gasteiger partial charge in [-0.2, -0.15) is 0 Å². The number of hydrogen-bond donors (Lipinski definition) is 1. The number of hydrogen-bond acceptors (Lipinski definition) is 4. The number of nitrogens with one attached hydrogen (secondary N) is 1. The highest BCUT2D eigenvalue weighted by atomic mass is 16.5. The van der Waals surface area contributed by atoms with E-state index in [1.54, 1.807) is 6.20 Å². The summed E-state index contributed by atoms with van der Waals surface area (Å²) in [6, 6.07) is 9.84. The first-order chi connectivity index (χ1) is 11.2. The zero-order valence-electron chi connectivity index (χ0n) is 13.8. The largest absolute Gasteiger partial charge is 0.488 e. The zero-order valence-corrected chi connectivity index (χ0v) is 13.8. The van der Waals surface area contributed by atoms with Crippen molar-refractivity contribution in [3.63, 3.8) is 0 Å². The molecule has 0 unspecified atom stereocenters. The lowest BCUT2D eigenvalue weighted by Gasteiger charge is -2.23. The average Bonchev–Trinajstić information content (AvgIpc) is 2.58. The van der Waals surface area contributed by atoms with Crippen LogP contribution in [0.4, 0.5) is 0 Å². The number of pyridine rings is 1. The third-order valence-corrected chi connectivity index (χ3v) is 4.30. The lowest BCUT2D eigenvalue weighted by Crippen LogP contribution is -2.33. The Bertz CT molecular complexity index is 652. The van der Waals surface area contributed by atoms with E-state index in [2.05, 4.69) is 30.2 Å². The van der Waals surface area contributed by atoms with Gasteiger partial charge in [0.25, 0.3) is 5.88 Å². The fourth-order valence-corrected chi connectivity index (χ4v) is 2.73. The number of piperidine rings is 1. The second-order valence-electron chi connectivity index (χ2n) is 6.18. The average molecular weight is 312 g/mol. The molecule has 2 heterocycles. The van der Waals surface area contributed by atoms with Crippen molar-refractivity contribution in [3.05, 3.63) is 47.7 Å². The lowest BCUT2D eigenvalue weighted by molar-refractivity contribution is 0.212. The van der Waals surface area contributed by atoms with Gasteiger partial charge in [-0.1, -0.05) is 6.07 Å². The van der Waals surface area contributed by atoms with Crippen molar-refractivity contribution < 1.29 is 9.47 Å². The Morgan fingerprint density at radius 3 is 2.91 bits per heavy atom. The maximum Gasteiger partial charge on any atom is 0.262 e. The summed E-state index contributed by atoms with van der Waals surface area (Å²) >= 11 is 0. The number of rotatable bonds is 5. The standard InChI is InChI=1S/C19H24N2O2/c1-14-7-8-17(11-15(14)2)23-19-18(6-4-10-21-19)22-13-16-5-3-9-20-12-16/h4,6-8,10-11,16,20H,3,5,9,12-13H2,1-2H3/t16-/m0/s1. The van der Waals surface area contributed by atoms with E-state index in [4.69, 9.17) is 9.47 Å². The minimum atomic E-state index is 0.527. The van der Waals surface area contributed by atoms with Gasteiger partial charge in [0.2, 0.25) is 0 Å². The molecule has 1 fully saturated rings. The van der Waals surface area contributed by atoms with E-state index >= 15 is 0 Å². The van der Waals surface area contributed by atoms with Crippen molar-refractivity contribution in [3.8, 4) is 17.4 Å². The molecule has 1 aliphatic heterocycles. The second kappa shape index (κ2) is 7.47. The Morgan fingerprint density at radius 1 is 1.22 bits per heavy atom. The quantitative estimate of drug-likeness (QED) is 0.910. The van der Waals surface area contributed by atoms with Gasteiger partial charge in [0, 0.05) is 18.7 Å². The summed E-state index contributed by atoms with van der Waals surface area (Å²) in [5.74, 6) is 2.57. The van der Waals surface area contributed by atoms with Crippen LogP contribution in [0.25, 0.3) is 0 Å². The summed E-state index contributed by atoms with van der Waals surface area (Å²) in [6.07, 6.45) is 4.15. The van der Waals surface area contributed by atoms with E-state index in [1.807, 2.05) is 24.3 Å². The highest BCUT2D eigenvalue weighted by molar-refractivity contribution is 5.40. The lowest BCUT2D eigenvalue weighted by atomic mass is 10.0. The van der Waals surface area contributed by atoms with Crippen LogP contribution < -0.4 is 14.8 Å². The Labute approximate surface area is 137 Å². The van der Waals surface area contributed by atoms with Crippen molar-refractivity contribution in [2.24, 2.45) is 5.92 Å². The van der Waals surface area contributed by atoms with Crippen molar-refractivity contribution >= 4 is 0 Å². The van der Waals surface area contributed by atoms with Crippen LogP contribution in [0.5, 0.6) is 17.4 Å². The van der Waals surface area contributed by atoms with E-state index in [1.165, 1.54) is 24.0 Å². The normalized spacial score (nSPS) is 17.7. The molecule has 1 saturated heterocycles. The van der Waals surface area contributed by atoms with Crippen molar-refractivity contribution in [1.29, 1.82) is 0 Å². The van der Waals surface area contributed by atoms with Gasteiger partial charge in [0.1, 0.15) is 5.75 Å². The van der Waals surface area contributed by atoms with Gasteiger partial charge >= 0.3 is 0 Å². The van der Waals surface area contributed by atoms with Gasteiger partial charge in [-0.15, -0.1) is 0 Å². The summed E-state index contributed by atoms with van der Waals surface area (Å²) in [6.45, 7) is 7.00. The number of nitrogens with zero attached hydrogens (tertiary/aromatic N) is 1. The van der Waals surface area contributed by atoms with Crippen LogP contribution in [0.1, 0.15) is 24.0 Å². The molecule has 0 bridgehead atoms. The topological polar surface area (TPSA) is 43.4 Å². The molecule has 3 rings (SSSR count). The van der Waals surface area contributed by atoms with Gasteiger partial charge in [0.05, 0.1) is 6.61 Å². The van der Waals surface area contributed by atoms with Crippen LogP contribution in [0.3, 0.4) is 0 Å². The van der Waals surface area contributed by atoms with Crippen molar-refractivity contribution in [1.82, 2.24) is 10.3 Å². The molecule has 1 atom stereocenters. The predicted octanol–water partition coefficient (Wildman–Crippen LogP) is 3.87. The first kappa shape index (κ1) is 15.8. The SMILES string of the molecule is Cc1ccc(Oc2ncccc2OC[C@H]2CCCNC2)cc1C. The van der Waals surface area contributed by atoms with Gasteiger partial charge in [-0.05, 0) is 68.6 Å². The second-order valence-corrected chi connectivity index (χ2v) is 6.18. The van der Waals surface area contributed by atoms with Crippen LogP contribution in [0.15, 0.2) is 36.5 Å². The minimum Gasteiger partial charge on any atom is -0.488 e. The van der Waals surface area contributed by atoms with E-state index in [0.717, 1.165) is 18.8 Å². The highest BCUT2D eigenvalue weighted by Crippen LogP contribution is 2.30. The third-order valence-electron chi connectivity index (χ3n) is 4.30. The molecule has 0 amide bonds. The van der Waals surface area contributed by atoms with Gasteiger partial charge in [0.15, 0.2) is 5.75 Å². The van der Waals surface area contributed by atoms with E-state index in [9.17, 15) is 0 Å². The number of ether oxygens (including phenoxy) is 2. The molecule has 1 aromatic heterocycles.